The van der Waals surface area contributed by atoms with Crippen molar-refractivity contribution in [2.75, 3.05) is 13.2 Å². The quantitative estimate of drug-likeness (QED) is 0.402. The van der Waals surface area contributed by atoms with Crippen LogP contribution in [0, 0.1) is 0 Å². The fourth-order valence-electron chi connectivity index (χ4n) is 2.84. The van der Waals surface area contributed by atoms with E-state index in [4.69, 9.17) is 14.3 Å². The van der Waals surface area contributed by atoms with Crippen molar-refractivity contribution in [2.24, 2.45) is 0 Å². The third-order valence-electron chi connectivity index (χ3n) is 4.33. The van der Waals surface area contributed by atoms with E-state index < -0.39 is 5.97 Å². The molecule has 1 atom stereocenters. The highest BCUT2D eigenvalue weighted by Gasteiger charge is 2.15. The Bertz CT molecular complexity index is 838. The van der Waals surface area contributed by atoms with Crippen LogP contribution in [0.1, 0.15) is 53.6 Å². The summed E-state index contributed by atoms with van der Waals surface area (Å²) in [6.45, 7) is 2.73. The van der Waals surface area contributed by atoms with Crippen molar-refractivity contribution in [1.82, 2.24) is 15.4 Å². The zero-order valence-electron chi connectivity index (χ0n) is 16.3. The number of ether oxygens (including phenoxy) is 2. The summed E-state index contributed by atoms with van der Waals surface area (Å²) in [5.41, 5.74) is 4.63. The lowest BCUT2D eigenvalue weighted by Gasteiger charge is -2.21. The molecule has 29 heavy (non-hydrogen) atoms. The van der Waals surface area contributed by atoms with Gasteiger partial charge in [-0.05, 0) is 37.0 Å². The Morgan fingerprint density at radius 3 is 2.86 bits per heavy atom. The van der Waals surface area contributed by atoms with Crippen LogP contribution in [0.25, 0.3) is 6.08 Å². The van der Waals surface area contributed by atoms with Crippen LogP contribution >= 0.6 is 0 Å². The van der Waals surface area contributed by atoms with E-state index in [1.807, 2.05) is 24.3 Å². The molecule has 154 valence electrons. The first-order valence-electron chi connectivity index (χ1n) is 9.69. The normalized spacial score (nSPS) is 16.7. The van der Waals surface area contributed by atoms with E-state index in [0.717, 1.165) is 30.4 Å². The monoisotopic (exact) mass is 399 g/mol. The second-order valence-corrected chi connectivity index (χ2v) is 6.60. The van der Waals surface area contributed by atoms with Crippen LogP contribution in [0.15, 0.2) is 36.5 Å². The van der Waals surface area contributed by atoms with Crippen molar-refractivity contribution >= 4 is 18.0 Å². The van der Waals surface area contributed by atoms with Crippen molar-refractivity contribution in [3.05, 3.63) is 59.2 Å². The van der Waals surface area contributed by atoms with Crippen LogP contribution in [-0.4, -0.2) is 41.3 Å². The van der Waals surface area contributed by atoms with Crippen LogP contribution in [0.5, 0.6) is 0 Å². The Hall–Kier alpha value is -2.97. The van der Waals surface area contributed by atoms with Crippen molar-refractivity contribution in [1.29, 1.82) is 0 Å². The Morgan fingerprint density at radius 2 is 2.14 bits per heavy atom. The van der Waals surface area contributed by atoms with Gasteiger partial charge in [0.25, 0.3) is 5.91 Å². The number of hydroxylamine groups is 1. The molecule has 0 aliphatic carbocycles. The van der Waals surface area contributed by atoms with E-state index in [1.54, 1.807) is 13.0 Å². The lowest BCUT2D eigenvalue weighted by Crippen LogP contribution is -2.32. The van der Waals surface area contributed by atoms with E-state index in [-0.39, 0.29) is 12.2 Å². The lowest BCUT2D eigenvalue weighted by molar-refractivity contribution is -0.198. The van der Waals surface area contributed by atoms with Gasteiger partial charge < -0.3 is 14.5 Å². The standard InChI is InChI=1S/C21H25N3O5/c1-2-27-21(26)17-14-22-18(23-17)13-16-8-6-15(7-9-16)10-11-19(25)24-29-20-5-3-4-12-28-20/h6-11,14,20H,2-5,12-13H2,1H3,(H,22,23)(H,24,25)/b11-10+. The number of amides is 1. The van der Waals surface area contributed by atoms with E-state index in [2.05, 4.69) is 15.4 Å². The molecule has 1 unspecified atom stereocenters. The minimum absolute atomic E-state index is 0.320. The maximum absolute atomic E-state index is 11.8. The Balaban J connectivity index is 1.47. The predicted octanol–water partition coefficient (Wildman–Crippen LogP) is 2.76. The Morgan fingerprint density at radius 1 is 1.31 bits per heavy atom. The summed E-state index contributed by atoms with van der Waals surface area (Å²) in [7, 11) is 0. The van der Waals surface area contributed by atoms with Crippen LogP contribution in [-0.2, 0) is 25.5 Å². The average molecular weight is 399 g/mol. The van der Waals surface area contributed by atoms with Gasteiger partial charge in [-0.25, -0.2) is 20.1 Å². The summed E-state index contributed by atoms with van der Waals surface area (Å²) >= 11 is 0. The first-order valence-corrected chi connectivity index (χ1v) is 9.69. The summed E-state index contributed by atoms with van der Waals surface area (Å²) in [5.74, 6) is -0.0767. The van der Waals surface area contributed by atoms with Gasteiger partial charge in [0.05, 0.1) is 12.8 Å². The third-order valence-corrected chi connectivity index (χ3v) is 4.33. The summed E-state index contributed by atoms with van der Waals surface area (Å²) in [6.07, 6.45) is 7.61. The van der Waals surface area contributed by atoms with Crippen LogP contribution in [0.2, 0.25) is 0 Å². The van der Waals surface area contributed by atoms with E-state index in [0.29, 0.717) is 31.2 Å². The molecule has 1 aromatic heterocycles. The van der Waals surface area contributed by atoms with Crippen molar-refractivity contribution in [3.8, 4) is 0 Å². The maximum Gasteiger partial charge on any atom is 0.356 e. The van der Waals surface area contributed by atoms with E-state index in [9.17, 15) is 9.59 Å². The lowest BCUT2D eigenvalue weighted by atomic mass is 10.1. The van der Waals surface area contributed by atoms with E-state index in [1.165, 1.54) is 12.3 Å². The van der Waals surface area contributed by atoms with Gasteiger partial charge >= 0.3 is 5.97 Å². The highest BCUT2D eigenvalue weighted by molar-refractivity contribution is 5.91. The smallest absolute Gasteiger partial charge is 0.356 e. The zero-order valence-corrected chi connectivity index (χ0v) is 16.3. The van der Waals surface area contributed by atoms with Crippen molar-refractivity contribution in [2.45, 2.75) is 38.9 Å². The number of carbonyl (C=O) groups is 2. The molecular weight excluding hydrogens is 374 g/mol. The molecular formula is C21H25N3O5. The van der Waals surface area contributed by atoms with Gasteiger partial charge in [-0.1, -0.05) is 24.3 Å². The number of hydrogen-bond donors (Lipinski definition) is 2. The number of rotatable bonds is 8. The number of aromatic nitrogens is 2. The Labute approximate surface area is 169 Å². The largest absolute Gasteiger partial charge is 0.461 e. The van der Waals surface area contributed by atoms with E-state index >= 15 is 0 Å². The second-order valence-electron chi connectivity index (χ2n) is 6.60. The molecule has 0 saturated carbocycles. The number of imidazole rings is 1. The number of benzene rings is 1. The molecule has 1 aromatic carbocycles. The number of nitrogens with zero attached hydrogens (tertiary/aromatic N) is 1. The third kappa shape index (κ3) is 6.55. The number of hydrogen-bond acceptors (Lipinski definition) is 6. The summed E-state index contributed by atoms with van der Waals surface area (Å²) in [5, 5.41) is 0. The predicted molar refractivity (Wildman–Crippen MR) is 106 cm³/mol. The SMILES string of the molecule is CCOC(=O)c1cnc(Cc2ccc(/C=C/C(=O)NOC3CCCCO3)cc2)[nH]1. The molecule has 1 aliphatic heterocycles. The highest BCUT2D eigenvalue weighted by Crippen LogP contribution is 2.13. The first-order chi connectivity index (χ1) is 14.1. The fourth-order valence-corrected chi connectivity index (χ4v) is 2.84. The van der Waals surface area contributed by atoms with Gasteiger partial charge in [-0.3, -0.25) is 4.79 Å². The molecule has 0 spiro atoms. The molecule has 2 heterocycles. The summed E-state index contributed by atoms with van der Waals surface area (Å²) in [6, 6.07) is 7.69. The average Bonchev–Trinajstić information content (AvgIpc) is 3.21. The molecule has 1 aliphatic rings. The van der Waals surface area contributed by atoms with Gasteiger partial charge in [0.1, 0.15) is 11.5 Å². The van der Waals surface area contributed by atoms with Gasteiger partial charge in [0.2, 0.25) is 0 Å². The minimum Gasteiger partial charge on any atom is -0.461 e. The number of nitrogens with one attached hydrogen (secondary N) is 2. The molecule has 1 amide bonds. The molecule has 1 fully saturated rings. The van der Waals surface area contributed by atoms with Crippen LogP contribution in [0.4, 0.5) is 0 Å². The summed E-state index contributed by atoms with van der Waals surface area (Å²) in [4.78, 5) is 35.9. The van der Waals surface area contributed by atoms with Crippen molar-refractivity contribution in [3.63, 3.8) is 0 Å². The number of aromatic amines is 1. The van der Waals surface area contributed by atoms with Crippen LogP contribution < -0.4 is 5.48 Å². The molecule has 0 radical (unpaired) electrons. The topological polar surface area (TPSA) is 103 Å². The Kier molecular flexibility index (Phi) is 7.54. The molecule has 8 nitrogen and oxygen atoms in total. The summed E-state index contributed by atoms with van der Waals surface area (Å²) < 4.78 is 10.3. The van der Waals surface area contributed by atoms with Crippen molar-refractivity contribution < 1.29 is 23.9 Å². The molecule has 3 rings (SSSR count). The zero-order chi connectivity index (χ0) is 20.5. The molecule has 2 N–H and O–H groups in total. The molecule has 0 bridgehead atoms. The molecule has 2 aromatic rings. The first kappa shape index (κ1) is 20.8. The number of H-pyrrole nitrogens is 1. The highest BCUT2D eigenvalue weighted by atomic mass is 16.8. The van der Waals surface area contributed by atoms with Gasteiger partial charge in [-0.15, -0.1) is 0 Å². The maximum atomic E-state index is 11.8. The van der Waals surface area contributed by atoms with Gasteiger partial charge in [0, 0.05) is 25.5 Å². The van der Waals surface area contributed by atoms with Gasteiger partial charge in [0.15, 0.2) is 6.29 Å². The van der Waals surface area contributed by atoms with Gasteiger partial charge in [-0.2, -0.15) is 0 Å². The van der Waals surface area contributed by atoms with Crippen LogP contribution in [0.3, 0.4) is 0 Å². The molecule has 1 saturated heterocycles. The number of esters is 1. The fraction of sp³-hybridized carbons (Fsp3) is 0.381. The number of carbonyl (C=O) groups excluding carboxylic acids is 2. The minimum atomic E-state index is -0.413. The second kappa shape index (κ2) is 10.5. The molecule has 8 heteroatoms.